The molecule has 5 heteroatoms. The number of rotatable bonds is 8. The summed E-state index contributed by atoms with van der Waals surface area (Å²) >= 11 is 0. The Labute approximate surface area is 138 Å². The Morgan fingerprint density at radius 1 is 1.13 bits per heavy atom. The van der Waals surface area contributed by atoms with E-state index in [-0.39, 0.29) is 5.92 Å². The van der Waals surface area contributed by atoms with Gasteiger partial charge in [0.25, 0.3) is 0 Å². The molecule has 0 spiro atoms. The van der Waals surface area contributed by atoms with Crippen LogP contribution in [0.2, 0.25) is 0 Å². The lowest BCUT2D eigenvalue weighted by atomic mass is 10.1. The van der Waals surface area contributed by atoms with Crippen LogP contribution >= 0.6 is 0 Å². The van der Waals surface area contributed by atoms with Crippen LogP contribution in [0.15, 0.2) is 24.3 Å². The molecule has 1 unspecified atom stereocenters. The van der Waals surface area contributed by atoms with Gasteiger partial charge in [-0.05, 0) is 17.5 Å². The molecule has 2 rings (SSSR count). The SMILES string of the molecule is N#CCCC(C#N)CNCc1ccc(CN2CCOCC2)cc1. The Morgan fingerprint density at radius 2 is 1.83 bits per heavy atom. The van der Waals surface area contributed by atoms with Crippen molar-refractivity contribution in [2.24, 2.45) is 5.92 Å². The van der Waals surface area contributed by atoms with Gasteiger partial charge in [0.05, 0.1) is 31.3 Å². The molecule has 1 aliphatic heterocycles. The van der Waals surface area contributed by atoms with Crippen LogP contribution in [0.1, 0.15) is 24.0 Å². The zero-order valence-corrected chi connectivity index (χ0v) is 13.5. The second-order valence-corrected chi connectivity index (χ2v) is 5.86. The molecule has 122 valence electrons. The van der Waals surface area contributed by atoms with Gasteiger partial charge in [-0.2, -0.15) is 10.5 Å². The summed E-state index contributed by atoms with van der Waals surface area (Å²) in [6.07, 6.45) is 1.08. The molecule has 0 saturated carbocycles. The quantitative estimate of drug-likeness (QED) is 0.795. The minimum Gasteiger partial charge on any atom is -0.379 e. The molecule has 1 N–H and O–H groups in total. The first-order valence-corrected chi connectivity index (χ1v) is 8.17. The third-order valence-electron chi connectivity index (χ3n) is 4.04. The van der Waals surface area contributed by atoms with E-state index in [9.17, 15) is 0 Å². The first-order valence-electron chi connectivity index (χ1n) is 8.17. The van der Waals surface area contributed by atoms with Gasteiger partial charge in [-0.1, -0.05) is 24.3 Å². The third kappa shape index (κ3) is 6.38. The summed E-state index contributed by atoms with van der Waals surface area (Å²) in [7, 11) is 0. The average molecular weight is 312 g/mol. The van der Waals surface area contributed by atoms with Gasteiger partial charge >= 0.3 is 0 Å². The summed E-state index contributed by atoms with van der Waals surface area (Å²) in [5.74, 6) is -0.0877. The number of benzene rings is 1. The van der Waals surface area contributed by atoms with Crippen LogP contribution in [-0.2, 0) is 17.8 Å². The highest BCUT2D eigenvalue weighted by atomic mass is 16.5. The van der Waals surface area contributed by atoms with Crippen molar-refractivity contribution >= 4 is 0 Å². The largest absolute Gasteiger partial charge is 0.379 e. The van der Waals surface area contributed by atoms with Crippen molar-refractivity contribution in [3.63, 3.8) is 0 Å². The van der Waals surface area contributed by atoms with Crippen molar-refractivity contribution in [2.75, 3.05) is 32.8 Å². The van der Waals surface area contributed by atoms with E-state index in [0.717, 1.165) is 39.4 Å². The molecule has 1 fully saturated rings. The lowest BCUT2D eigenvalue weighted by molar-refractivity contribution is 0.0342. The van der Waals surface area contributed by atoms with Gasteiger partial charge in [-0.25, -0.2) is 0 Å². The van der Waals surface area contributed by atoms with Crippen LogP contribution in [0.4, 0.5) is 0 Å². The van der Waals surface area contributed by atoms with E-state index in [1.54, 1.807) is 0 Å². The monoisotopic (exact) mass is 312 g/mol. The van der Waals surface area contributed by atoms with Crippen molar-refractivity contribution in [1.29, 1.82) is 10.5 Å². The molecule has 0 radical (unpaired) electrons. The van der Waals surface area contributed by atoms with Crippen LogP contribution < -0.4 is 5.32 Å². The number of nitriles is 2. The fourth-order valence-electron chi connectivity index (χ4n) is 2.62. The maximum atomic E-state index is 9.03. The molecule has 1 aliphatic rings. The second-order valence-electron chi connectivity index (χ2n) is 5.86. The van der Waals surface area contributed by atoms with Gasteiger partial charge in [-0.3, -0.25) is 4.90 Å². The van der Waals surface area contributed by atoms with Gasteiger partial charge in [-0.15, -0.1) is 0 Å². The minimum absolute atomic E-state index is 0.0877. The van der Waals surface area contributed by atoms with Crippen molar-refractivity contribution in [3.8, 4) is 12.1 Å². The van der Waals surface area contributed by atoms with Crippen LogP contribution in [0.5, 0.6) is 0 Å². The molecule has 0 amide bonds. The topological polar surface area (TPSA) is 72.1 Å². The molecule has 1 aromatic carbocycles. The molecule has 1 aromatic rings. The van der Waals surface area contributed by atoms with E-state index in [0.29, 0.717) is 19.4 Å². The Balaban J connectivity index is 1.72. The lowest BCUT2D eigenvalue weighted by Gasteiger charge is -2.26. The van der Waals surface area contributed by atoms with Crippen molar-refractivity contribution in [2.45, 2.75) is 25.9 Å². The molecule has 1 atom stereocenters. The maximum absolute atomic E-state index is 9.03. The number of ether oxygens (including phenoxy) is 1. The fraction of sp³-hybridized carbons (Fsp3) is 0.556. The highest BCUT2D eigenvalue weighted by Gasteiger charge is 2.10. The van der Waals surface area contributed by atoms with E-state index in [4.69, 9.17) is 15.3 Å². The molecular formula is C18H24N4O. The molecule has 23 heavy (non-hydrogen) atoms. The summed E-state index contributed by atoms with van der Waals surface area (Å²) in [6.45, 7) is 6.02. The molecule has 1 saturated heterocycles. The summed E-state index contributed by atoms with van der Waals surface area (Å²) in [5, 5.41) is 20.9. The summed E-state index contributed by atoms with van der Waals surface area (Å²) in [6, 6.07) is 13.0. The van der Waals surface area contributed by atoms with E-state index in [2.05, 4.69) is 46.6 Å². The van der Waals surface area contributed by atoms with Gasteiger partial charge in [0.15, 0.2) is 0 Å². The number of hydrogen-bond donors (Lipinski definition) is 1. The normalized spacial score (nSPS) is 16.4. The first kappa shape index (κ1) is 17.4. The summed E-state index contributed by atoms with van der Waals surface area (Å²) < 4.78 is 5.36. The molecule has 1 heterocycles. The van der Waals surface area contributed by atoms with Crippen molar-refractivity contribution in [3.05, 3.63) is 35.4 Å². The first-order chi connectivity index (χ1) is 11.3. The molecule has 5 nitrogen and oxygen atoms in total. The van der Waals surface area contributed by atoms with E-state index in [1.165, 1.54) is 11.1 Å². The maximum Gasteiger partial charge on any atom is 0.0669 e. The van der Waals surface area contributed by atoms with Crippen LogP contribution in [0.3, 0.4) is 0 Å². The predicted molar refractivity (Wildman–Crippen MR) is 88.2 cm³/mol. The van der Waals surface area contributed by atoms with E-state index < -0.39 is 0 Å². The van der Waals surface area contributed by atoms with E-state index >= 15 is 0 Å². The van der Waals surface area contributed by atoms with Crippen LogP contribution in [0, 0.1) is 28.6 Å². The smallest absolute Gasteiger partial charge is 0.0669 e. The minimum atomic E-state index is -0.0877. The van der Waals surface area contributed by atoms with Gasteiger partial charge in [0.2, 0.25) is 0 Å². The standard InChI is InChI=1S/C18H24N4O/c19-7-1-2-18(12-20)14-21-13-16-3-5-17(6-4-16)15-22-8-10-23-11-9-22/h3-6,18,21H,1-2,8-11,13-15H2. The lowest BCUT2D eigenvalue weighted by Crippen LogP contribution is -2.35. The highest BCUT2D eigenvalue weighted by molar-refractivity contribution is 5.22. The predicted octanol–water partition coefficient (Wildman–Crippen LogP) is 2.05. The Hall–Kier alpha value is -1.92. The zero-order valence-electron chi connectivity index (χ0n) is 13.5. The molecule has 0 aromatic heterocycles. The molecule has 0 aliphatic carbocycles. The zero-order chi connectivity index (χ0) is 16.3. The fourth-order valence-corrected chi connectivity index (χ4v) is 2.62. The average Bonchev–Trinajstić information content (AvgIpc) is 2.60. The van der Waals surface area contributed by atoms with Gasteiger partial charge < -0.3 is 10.1 Å². The second kappa shape index (κ2) is 9.97. The van der Waals surface area contributed by atoms with Gasteiger partial charge in [0.1, 0.15) is 0 Å². The highest BCUT2D eigenvalue weighted by Crippen LogP contribution is 2.10. The summed E-state index contributed by atoms with van der Waals surface area (Å²) in [4.78, 5) is 2.41. The summed E-state index contributed by atoms with van der Waals surface area (Å²) in [5.41, 5.74) is 2.53. The molecular weight excluding hydrogens is 288 g/mol. The van der Waals surface area contributed by atoms with Crippen LogP contribution in [0.25, 0.3) is 0 Å². The van der Waals surface area contributed by atoms with Crippen molar-refractivity contribution in [1.82, 2.24) is 10.2 Å². The Morgan fingerprint density at radius 3 is 2.48 bits per heavy atom. The van der Waals surface area contributed by atoms with E-state index in [1.807, 2.05) is 0 Å². The number of morpholine rings is 1. The number of nitrogens with one attached hydrogen (secondary N) is 1. The molecule has 0 bridgehead atoms. The Bertz CT molecular complexity index is 538. The van der Waals surface area contributed by atoms with Crippen molar-refractivity contribution < 1.29 is 4.74 Å². The number of hydrogen-bond acceptors (Lipinski definition) is 5. The van der Waals surface area contributed by atoms with Crippen LogP contribution in [-0.4, -0.2) is 37.7 Å². The third-order valence-corrected chi connectivity index (χ3v) is 4.04. The van der Waals surface area contributed by atoms with Gasteiger partial charge in [0, 0.05) is 39.1 Å². The number of nitrogens with zero attached hydrogens (tertiary/aromatic N) is 3. The Kier molecular flexibility index (Phi) is 7.56.